The highest BCUT2D eigenvalue weighted by atomic mass is 16.5. The molecule has 1 atom stereocenters. The summed E-state index contributed by atoms with van der Waals surface area (Å²) in [6.07, 6.45) is 14.5. The standard InChI is InChI=1S/C38H36N6O3/c1-3-33-35(26-14-18-30(19-15-26)47-32-12-7-11-31(23-32)46-29-9-5-4-6-10-29)36-37(39)40-25-41-38(36)44(33)28-20-22-43(24-28)34(45)13-8-21-42(2)27-16-17-27/h1,4-15,18-19,23,25,27-28H,16-17,20-22,24H2,2H3,(H2,39,40,41)/b13-8+/t28-/m1/s1. The van der Waals surface area contributed by atoms with Crippen LogP contribution in [0.3, 0.4) is 0 Å². The summed E-state index contributed by atoms with van der Waals surface area (Å²) in [4.78, 5) is 26.1. The molecule has 2 N–H and O–H groups in total. The molecule has 1 aliphatic carbocycles. The van der Waals surface area contributed by atoms with Gasteiger partial charge in [0.15, 0.2) is 0 Å². The normalized spacial score (nSPS) is 16.2. The number of benzene rings is 3. The van der Waals surface area contributed by atoms with E-state index in [4.69, 9.17) is 21.6 Å². The highest BCUT2D eigenvalue weighted by Crippen LogP contribution is 2.40. The number of ether oxygens (including phenoxy) is 2. The molecule has 3 aromatic carbocycles. The quantitative estimate of drug-likeness (QED) is 0.137. The fourth-order valence-corrected chi connectivity index (χ4v) is 6.23. The third-order valence-electron chi connectivity index (χ3n) is 8.78. The number of hydrogen-bond acceptors (Lipinski definition) is 7. The molecule has 2 aliphatic rings. The fraction of sp³-hybridized carbons (Fsp3) is 0.237. The number of likely N-dealkylation sites (N-methyl/N-ethyl adjacent to an activating group) is 1. The van der Waals surface area contributed by atoms with Crippen molar-refractivity contribution in [3.8, 4) is 46.5 Å². The molecule has 1 aliphatic heterocycles. The van der Waals surface area contributed by atoms with E-state index in [0.717, 1.165) is 29.8 Å². The number of amides is 1. The first-order valence-electron chi connectivity index (χ1n) is 15.9. The number of carbonyl (C=O) groups excluding carboxylic acids is 1. The fourth-order valence-electron chi connectivity index (χ4n) is 6.23. The Bertz CT molecular complexity index is 1980. The lowest BCUT2D eigenvalue weighted by molar-refractivity contribution is -0.125. The van der Waals surface area contributed by atoms with Gasteiger partial charge >= 0.3 is 0 Å². The second-order valence-electron chi connectivity index (χ2n) is 12.0. The van der Waals surface area contributed by atoms with Gasteiger partial charge < -0.3 is 24.7 Å². The van der Waals surface area contributed by atoms with Crippen LogP contribution in [-0.2, 0) is 4.79 Å². The number of hydrogen-bond donors (Lipinski definition) is 1. The first-order chi connectivity index (χ1) is 23.0. The molecule has 0 bridgehead atoms. The van der Waals surface area contributed by atoms with Crippen LogP contribution >= 0.6 is 0 Å². The van der Waals surface area contributed by atoms with Gasteiger partial charge in [-0.2, -0.15) is 0 Å². The number of para-hydroxylation sites is 1. The molecule has 0 unspecified atom stereocenters. The van der Waals surface area contributed by atoms with Gasteiger partial charge in [-0.05, 0) is 68.3 Å². The van der Waals surface area contributed by atoms with Crippen LogP contribution in [0.1, 0.15) is 31.0 Å². The van der Waals surface area contributed by atoms with E-state index in [-0.39, 0.29) is 11.9 Å². The summed E-state index contributed by atoms with van der Waals surface area (Å²) in [5.74, 6) is 6.01. The Morgan fingerprint density at radius 1 is 0.979 bits per heavy atom. The maximum Gasteiger partial charge on any atom is 0.246 e. The zero-order valence-electron chi connectivity index (χ0n) is 26.3. The number of rotatable bonds is 10. The number of nitrogen functional groups attached to an aromatic ring is 1. The number of carbonyl (C=O) groups is 1. The molecule has 47 heavy (non-hydrogen) atoms. The molecule has 1 saturated heterocycles. The monoisotopic (exact) mass is 624 g/mol. The minimum atomic E-state index is -0.0499. The first kappa shape index (κ1) is 30.1. The van der Waals surface area contributed by atoms with E-state index >= 15 is 0 Å². The van der Waals surface area contributed by atoms with Crippen LogP contribution in [0.4, 0.5) is 5.82 Å². The Morgan fingerprint density at radius 2 is 1.68 bits per heavy atom. The smallest absolute Gasteiger partial charge is 0.246 e. The lowest BCUT2D eigenvalue weighted by Gasteiger charge is -2.18. The van der Waals surface area contributed by atoms with E-state index in [9.17, 15) is 4.79 Å². The highest BCUT2D eigenvalue weighted by molar-refractivity contribution is 6.03. The average Bonchev–Trinajstić information content (AvgIpc) is 3.73. The molecule has 7 rings (SSSR count). The van der Waals surface area contributed by atoms with Crippen molar-refractivity contribution in [2.24, 2.45) is 0 Å². The summed E-state index contributed by atoms with van der Waals surface area (Å²) in [5.41, 5.74) is 9.44. The van der Waals surface area contributed by atoms with Crippen LogP contribution in [0.2, 0.25) is 0 Å². The highest BCUT2D eigenvalue weighted by Gasteiger charge is 2.32. The van der Waals surface area contributed by atoms with Crippen molar-refractivity contribution in [1.29, 1.82) is 0 Å². The number of terminal acetylenes is 1. The molecule has 0 radical (unpaired) electrons. The predicted octanol–water partition coefficient (Wildman–Crippen LogP) is 6.67. The van der Waals surface area contributed by atoms with Gasteiger partial charge in [-0.15, -0.1) is 6.42 Å². The third kappa shape index (κ3) is 6.41. The Labute approximate surface area is 274 Å². The molecule has 9 nitrogen and oxygen atoms in total. The van der Waals surface area contributed by atoms with Crippen LogP contribution in [0.15, 0.2) is 97.3 Å². The van der Waals surface area contributed by atoms with Gasteiger partial charge in [0.25, 0.3) is 0 Å². The van der Waals surface area contributed by atoms with Crippen molar-refractivity contribution in [2.45, 2.75) is 31.3 Å². The third-order valence-corrected chi connectivity index (χ3v) is 8.78. The molecule has 1 amide bonds. The number of fused-ring (bicyclic) bond motifs is 1. The topological polar surface area (TPSA) is 98.7 Å². The van der Waals surface area contributed by atoms with Crippen molar-refractivity contribution in [3.63, 3.8) is 0 Å². The van der Waals surface area contributed by atoms with E-state index in [2.05, 4.69) is 32.4 Å². The molecule has 2 aromatic heterocycles. The Hall–Kier alpha value is -5.59. The van der Waals surface area contributed by atoms with Crippen molar-refractivity contribution in [3.05, 3.63) is 103 Å². The van der Waals surface area contributed by atoms with Gasteiger partial charge in [0.1, 0.15) is 46.5 Å². The van der Waals surface area contributed by atoms with Gasteiger partial charge in [-0.25, -0.2) is 9.97 Å². The minimum absolute atomic E-state index is 0.0116. The summed E-state index contributed by atoms with van der Waals surface area (Å²) in [6, 6.07) is 25.4. The van der Waals surface area contributed by atoms with E-state index in [1.807, 2.05) is 89.8 Å². The van der Waals surface area contributed by atoms with E-state index in [0.29, 0.717) is 58.9 Å². The van der Waals surface area contributed by atoms with Crippen LogP contribution in [-0.4, -0.2) is 63.0 Å². The second kappa shape index (κ2) is 13.0. The lowest BCUT2D eigenvalue weighted by Crippen LogP contribution is -2.28. The summed E-state index contributed by atoms with van der Waals surface area (Å²) < 4.78 is 14.2. The average molecular weight is 625 g/mol. The molecule has 2 fully saturated rings. The zero-order chi connectivity index (χ0) is 32.3. The molecule has 3 heterocycles. The van der Waals surface area contributed by atoms with Gasteiger partial charge in [0.05, 0.1) is 11.4 Å². The summed E-state index contributed by atoms with van der Waals surface area (Å²) in [6.45, 7) is 1.94. The van der Waals surface area contributed by atoms with Gasteiger partial charge in [-0.3, -0.25) is 9.69 Å². The maximum atomic E-state index is 13.1. The SMILES string of the molecule is C#Cc1c(-c2ccc(Oc3cccc(Oc4ccccc4)c3)cc2)c2c(N)ncnc2n1[C@@H]1CCN(C(=O)/C=C/CN(C)C2CC2)C1. The minimum Gasteiger partial charge on any atom is -0.457 e. The molecular formula is C38H36N6O3. The Morgan fingerprint density at radius 3 is 2.38 bits per heavy atom. The number of nitrogens with two attached hydrogens (primary N) is 1. The second-order valence-corrected chi connectivity index (χ2v) is 12.0. The summed E-state index contributed by atoms with van der Waals surface area (Å²) in [5, 5.41) is 0.702. The van der Waals surface area contributed by atoms with E-state index in [1.165, 1.54) is 19.2 Å². The van der Waals surface area contributed by atoms with Crippen molar-refractivity contribution >= 4 is 22.8 Å². The van der Waals surface area contributed by atoms with Gasteiger partial charge in [0.2, 0.25) is 5.91 Å². The molecule has 0 spiro atoms. The van der Waals surface area contributed by atoms with Crippen LogP contribution in [0.5, 0.6) is 23.0 Å². The largest absolute Gasteiger partial charge is 0.457 e. The number of aromatic nitrogens is 3. The number of anilines is 1. The first-order valence-corrected chi connectivity index (χ1v) is 15.9. The van der Waals surface area contributed by atoms with E-state index < -0.39 is 0 Å². The van der Waals surface area contributed by atoms with E-state index in [1.54, 1.807) is 6.08 Å². The van der Waals surface area contributed by atoms with Crippen molar-refractivity contribution in [2.75, 3.05) is 32.4 Å². The van der Waals surface area contributed by atoms with Crippen LogP contribution in [0.25, 0.3) is 22.2 Å². The van der Waals surface area contributed by atoms with Crippen molar-refractivity contribution in [1.82, 2.24) is 24.3 Å². The van der Waals surface area contributed by atoms with Gasteiger partial charge in [-0.1, -0.05) is 48.4 Å². The lowest BCUT2D eigenvalue weighted by atomic mass is 10.0. The van der Waals surface area contributed by atoms with Crippen LogP contribution < -0.4 is 15.2 Å². The predicted molar refractivity (Wildman–Crippen MR) is 183 cm³/mol. The molecule has 9 heteroatoms. The van der Waals surface area contributed by atoms with Crippen LogP contribution in [0, 0.1) is 12.3 Å². The maximum absolute atomic E-state index is 13.1. The van der Waals surface area contributed by atoms with Gasteiger partial charge in [0, 0.05) is 43.4 Å². The Kier molecular flexibility index (Phi) is 8.34. The molecular weight excluding hydrogens is 588 g/mol. The summed E-state index contributed by atoms with van der Waals surface area (Å²) in [7, 11) is 2.10. The number of likely N-dealkylation sites (tertiary alicyclic amines) is 1. The number of nitrogens with zero attached hydrogens (tertiary/aromatic N) is 5. The zero-order valence-corrected chi connectivity index (χ0v) is 26.3. The van der Waals surface area contributed by atoms with Crippen molar-refractivity contribution < 1.29 is 14.3 Å². The molecule has 5 aromatic rings. The molecule has 236 valence electrons. The molecule has 1 saturated carbocycles. The summed E-state index contributed by atoms with van der Waals surface area (Å²) >= 11 is 0. The Balaban J connectivity index is 1.12.